The first-order valence-corrected chi connectivity index (χ1v) is 5.89. The zero-order chi connectivity index (χ0) is 10.6. The average molecular weight is 197 g/mol. The summed E-state index contributed by atoms with van der Waals surface area (Å²) < 4.78 is 13.7. The molecule has 0 aromatic rings. The molecule has 0 aliphatic rings. The summed E-state index contributed by atoms with van der Waals surface area (Å²) in [5, 5.41) is 0. The number of hydrogen-bond acceptors (Lipinski definition) is 1. The van der Waals surface area contributed by atoms with Gasteiger partial charge in [0.05, 0.1) is 0 Å². The molecule has 3 heteroatoms. The highest BCUT2D eigenvalue weighted by atomic mass is 31.2. The Morgan fingerprint density at radius 1 is 1.08 bits per heavy atom. The van der Waals surface area contributed by atoms with Gasteiger partial charge in [0.2, 0.25) is 0 Å². The second kappa shape index (κ2) is 4.52. The number of nitrogens with zero attached hydrogens (tertiary/aromatic N) is 1. The van der Waals surface area contributed by atoms with Gasteiger partial charge in [-0.05, 0) is 39.0 Å². The third kappa shape index (κ3) is 2.63. The molecular weight excluding hydrogens is 181 g/mol. The predicted octanol–water partition coefficient (Wildman–Crippen LogP) is 2.56. The third-order valence-electron chi connectivity index (χ3n) is 1.73. The van der Waals surface area contributed by atoms with Gasteiger partial charge in [-0.2, -0.15) is 0 Å². The topological polar surface area (TPSA) is 20.3 Å². The standard InChI is InChI=1S/C10H16NOP/c1-7-13(12,8-2)11(9(3)4)10(5)6/h1-2,9-10H,3-6H3. The molecule has 13 heavy (non-hydrogen) atoms. The van der Waals surface area contributed by atoms with Gasteiger partial charge in [-0.25, -0.2) is 4.67 Å². The summed E-state index contributed by atoms with van der Waals surface area (Å²) in [6, 6.07) is 0.191. The van der Waals surface area contributed by atoms with E-state index in [1.807, 2.05) is 27.7 Å². The molecule has 0 saturated carbocycles. The monoisotopic (exact) mass is 197 g/mol. The molecule has 0 fully saturated rings. The van der Waals surface area contributed by atoms with E-state index in [1.54, 1.807) is 4.67 Å². The summed E-state index contributed by atoms with van der Waals surface area (Å²) >= 11 is 0. The smallest absolute Gasteiger partial charge is 0.278 e. The van der Waals surface area contributed by atoms with Crippen LogP contribution in [-0.2, 0) is 4.57 Å². The Bertz CT molecular complexity index is 267. The van der Waals surface area contributed by atoms with Gasteiger partial charge in [0, 0.05) is 12.1 Å². The maximum Gasteiger partial charge on any atom is 0.289 e. The molecule has 0 saturated heterocycles. The van der Waals surface area contributed by atoms with Gasteiger partial charge in [0.25, 0.3) is 7.29 Å². The lowest BCUT2D eigenvalue weighted by atomic mass is 10.3. The quantitative estimate of drug-likeness (QED) is 0.512. The van der Waals surface area contributed by atoms with E-state index in [1.165, 1.54) is 0 Å². The first kappa shape index (κ1) is 12.3. The van der Waals surface area contributed by atoms with Crippen molar-refractivity contribution >= 4 is 7.29 Å². The Hall–Kier alpha value is -0.690. The predicted molar refractivity (Wildman–Crippen MR) is 57.4 cm³/mol. The van der Waals surface area contributed by atoms with E-state index in [9.17, 15) is 4.57 Å². The summed E-state index contributed by atoms with van der Waals surface area (Å²) in [5.74, 6) is 0. The second-order valence-corrected chi connectivity index (χ2v) is 5.53. The fourth-order valence-corrected chi connectivity index (χ4v) is 3.06. The van der Waals surface area contributed by atoms with Gasteiger partial charge >= 0.3 is 0 Å². The van der Waals surface area contributed by atoms with E-state index in [4.69, 9.17) is 12.8 Å². The van der Waals surface area contributed by atoms with E-state index >= 15 is 0 Å². The van der Waals surface area contributed by atoms with Crippen molar-refractivity contribution in [3.63, 3.8) is 0 Å². The Morgan fingerprint density at radius 3 is 1.46 bits per heavy atom. The van der Waals surface area contributed by atoms with Crippen LogP contribution in [0.3, 0.4) is 0 Å². The molecule has 0 atom stereocenters. The maximum atomic E-state index is 12.0. The highest BCUT2D eigenvalue weighted by molar-refractivity contribution is 7.71. The summed E-state index contributed by atoms with van der Waals surface area (Å²) in [5.41, 5.74) is 4.47. The minimum absolute atomic E-state index is 0.0953. The van der Waals surface area contributed by atoms with Gasteiger partial charge in [-0.1, -0.05) is 0 Å². The van der Waals surface area contributed by atoms with Crippen molar-refractivity contribution in [3.8, 4) is 24.2 Å². The van der Waals surface area contributed by atoms with Gasteiger partial charge in [-0.3, -0.25) is 4.57 Å². The maximum absolute atomic E-state index is 12.0. The molecule has 0 amide bonds. The van der Waals surface area contributed by atoms with Crippen LogP contribution in [0.1, 0.15) is 27.7 Å². The fraction of sp³-hybridized carbons (Fsp3) is 0.600. The summed E-state index contributed by atoms with van der Waals surface area (Å²) in [7, 11) is -3.01. The molecule has 0 rings (SSSR count). The minimum atomic E-state index is -3.01. The SMILES string of the molecule is C#CP(=O)(C#C)N(C(C)C)C(C)C. The molecule has 72 valence electrons. The molecule has 0 aliphatic carbocycles. The molecule has 0 aromatic carbocycles. The molecule has 0 spiro atoms. The molecule has 0 heterocycles. The van der Waals surface area contributed by atoms with E-state index in [0.717, 1.165) is 0 Å². The average Bonchev–Trinajstić information content (AvgIpc) is 2.02. The number of rotatable bonds is 3. The molecule has 0 aliphatic heterocycles. The van der Waals surface area contributed by atoms with Crippen molar-refractivity contribution in [3.05, 3.63) is 0 Å². The van der Waals surface area contributed by atoms with Crippen molar-refractivity contribution < 1.29 is 4.57 Å². The first-order valence-electron chi connectivity index (χ1n) is 4.23. The normalized spacial score (nSPS) is 11.8. The highest BCUT2D eigenvalue weighted by Gasteiger charge is 2.30. The van der Waals surface area contributed by atoms with Crippen LogP contribution in [0.2, 0.25) is 0 Å². The van der Waals surface area contributed by atoms with Crippen molar-refractivity contribution in [2.45, 2.75) is 39.8 Å². The Kier molecular flexibility index (Phi) is 4.28. The molecule has 0 aromatic heterocycles. The highest BCUT2D eigenvalue weighted by Crippen LogP contribution is 2.49. The van der Waals surface area contributed by atoms with Gasteiger partial charge in [0.1, 0.15) is 0 Å². The first-order chi connectivity index (χ1) is 5.89. The lowest BCUT2D eigenvalue weighted by Gasteiger charge is -2.31. The van der Waals surface area contributed by atoms with Crippen molar-refractivity contribution in [1.29, 1.82) is 0 Å². The lowest BCUT2D eigenvalue weighted by molar-refractivity contribution is 0.308. The van der Waals surface area contributed by atoms with Crippen LogP contribution >= 0.6 is 7.29 Å². The van der Waals surface area contributed by atoms with Crippen LogP contribution < -0.4 is 0 Å². The number of terminal acetylenes is 2. The minimum Gasteiger partial charge on any atom is -0.278 e. The largest absolute Gasteiger partial charge is 0.289 e. The summed E-state index contributed by atoms with van der Waals surface area (Å²) in [4.78, 5) is 0. The van der Waals surface area contributed by atoms with Gasteiger partial charge in [0.15, 0.2) is 0 Å². The zero-order valence-corrected chi connectivity index (χ0v) is 9.51. The van der Waals surface area contributed by atoms with Crippen molar-refractivity contribution in [2.24, 2.45) is 0 Å². The van der Waals surface area contributed by atoms with E-state index in [2.05, 4.69) is 11.3 Å². The molecule has 0 unspecified atom stereocenters. The van der Waals surface area contributed by atoms with Crippen molar-refractivity contribution in [2.75, 3.05) is 0 Å². The van der Waals surface area contributed by atoms with Crippen LogP contribution in [0.4, 0.5) is 0 Å². The van der Waals surface area contributed by atoms with Gasteiger partial charge < -0.3 is 0 Å². The number of hydrogen-bond donors (Lipinski definition) is 0. The van der Waals surface area contributed by atoms with E-state index < -0.39 is 7.29 Å². The van der Waals surface area contributed by atoms with Crippen LogP contribution in [0, 0.1) is 24.2 Å². The van der Waals surface area contributed by atoms with Crippen molar-refractivity contribution in [1.82, 2.24) is 4.67 Å². The van der Waals surface area contributed by atoms with E-state index in [0.29, 0.717) is 0 Å². The third-order valence-corrected chi connectivity index (χ3v) is 4.01. The van der Waals surface area contributed by atoms with E-state index in [-0.39, 0.29) is 12.1 Å². The lowest BCUT2D eigenvalue weighted by Crippen LogP contribution is -2.33. The summed E-state index contributed by atoms with van der Waals surface area (Å²) in [6.07, 6.45) is 10.4. The second-order valence-electron chi connectivity index (χ2n) is 3.40. The van der Waals surface area contributed by atoms with Crippen LogP contribution in [-0.4, -0.2) is 16.8 Å². The summed E-state index contributed by atoms with van der Waals surface area (Å²) in [6.45, 7) is 7.73. The molecule has 0 bridgehead atoms. The Morgan fingerprint density at radius 2 is 1.38 bits per heavy atom. The fourth-order valence-electron chi connectivity index (χ4n) is 1.42. The molecule has 0 radical (unpaired) electrons. The van der Waals surface area contributed by atoms with Crippen LogP contribution in [0.15, 0.2) is 0 Å². The van der Waals surface area contributed by atoms with Crippen LogP contribution in [0.25, 0.3) is 0 Å². The zero-order valence-electron chi connectivity index (χ0n) is 8.61. The molecular formula is C10H16NOP. The Labute approximate surface area is 81.1 Å². The van der Waals surface area contributed by atoms with Crippen LogP contribution in [0.5, 0.6) is 0 Å². The molecule has 0 N–H and O–H groups in total. The van der Waals surface area contributed by atoms with Gasteiger partial charge in [-0.15, -0.1) is 12.8 Å². The molecule has 2 nitrogen and oxygen atoms in total. The Balaban J connectivity index is 5.11.